The maximum Gasteiger partial charge on any atom is 0.0473 e. The van der Waals surface area contributed by atoms with Crippen LogP contribution in [0.5, 0.6) is 0 Å². The third kappa shape index (κ3) is 2.41. The summed E-state index contributed by atoms with van der Waals surface area (Å²) in [6, 6.07) is 11.3. The molecule has 1 aromatic rings. The van der Waals surface area contributed by atoms with Crippen LogP contribution in [-0.2, 0) is 0 Å². The second-order valence-electron chi connectivity index (χ2n) is 4.07. The van der Waals surface area contributed by atoms with Gasteiger partial charge in [0.1, 0.15) is 0 Å². The summed E-state index contributed by atoms with van der Waals surface area (Å²) in [5.41, 5.74) is 1.36. The molecule has 1 aliphatic rings. The first-order chi connectivity index (χ1) is 7.42. The van der Waals surface area contributed by atoms with E-state index in [2.05, 4.69) is 54.3 Å². The molecule has 0 aromatic heterocycles. The smallest absolute Gasteiger partial charge is 0.0473 e. The van der Waals surface area contributed by atoms with Crippen LogP contribution in [0, 0.1) is 0 Å². The SMILES string of the molecule is CC/C=C\C1CCCN1c1ccccc1. The fraction of sp³-hybridized carbons (Fsp3) is 0.429. The largest absolute Gasteiger partial charge is 0.365 e. The molecule has 0 radical (unpaired) electrons. The lowest BCUT2D eigenvalue weighted by Crippen LogP contribution is -2.27. The Morgan fingerprint density at radius 3 is 2.87 bits per heavy atom. The molecule has 1 heteroatoms. The summed E-state index contributed by atoms with van der Waals surface area (Å²) in [7, 11) is 0. The summed E-state index contributed by atoms with van der Waals surface area (Å²) < 4.78 is 0. The Morgan fingerprint density at radius 1 is 1.33 bits per heavy atom. The minimum atomic E-state index is 0.618. The predicted octanol–water partition coefficient (Wildman–Crippen LogP) is 3.62. The summed E-state index contributed by atoms with van der Waals surface area (Å²) in [5, 5.41) is 0. The number of anilines is 1. The van der Waals surface area contributed by atoms with Crippen molar-refractivity contribution in [3.8, 4) is 0 Å². The Balaban J connectivity index is 2.11. The van der Waals surface area contributed by atoms with Crippen LogP contribution in [0.25, 0.3) is 0 Å². The molecule has 1 saturated heterocycles. The van der Waals surface area contributed by atoms with Crippen molar-refractivity contribution in [1.29, 1.82) is 0 Å². The number of rotatable bonds is 3. The van der Waals surface area contributed by atoms with Crippen molar-refractivity contribution >= 4 is 5.69 Å². The predicted molar refractivity (Wildman–Crippen MR) is 66.2 cm³/mol. The van der Waals surface area contributed by atoms with Gasteiger partial charge in [-0.25, -0.2) is 0 Å². The molecule has 1 unspecified atom stereocenters. The Bertz CT molecular complexity index is 315. The molecule has 0 saturated carbocycles. The highest BCUT2D eigenvalue weighted by Gasteiger charge is 2.21. The van der Waals surface area contributed by atoms with Crippen LogP contribution in [0.3, 0.4) is 0 Å². The highest BCUT2D eigenvalue weighted by molar-refractivity contribution is 5.49. The normalized spacial score (nSPS) is 21.4. The molecule has 0 N–H and O–H groups in total. The molecule has 0 amide bonds. The quantitative estimate of drug-likeness (QED) is 0.675. The van der Waals surface area contributed by atoms with E-state index in [1.54, 1.807) is 0 Å². The van der Waals surface area contributed by atoms with Crippen molar-refractivity contribution in [2.45, 2.75) is 32.2 Å². The van der Waals surface area contributed by atoms with Gasteiger partial charge in [-0.3, -0.25) is 0 Å². The third-order valence-electron chi connectivity index (χ3n) is 2.98. The van der Waals surface area contributed by atoms with Gasteiger partial charge in [-0.2, -0.15) is 0 Å². The van der Waals surface area contributed by atoms with E-state index < -0.39 is 0 Å². The monoisotopic (exact) mass is 201 g/mol. The average Bonchev–Trinajstić information content (AvgIpc) is 2.75. The van der Waals surface area contributed by atoms with Gasteiger partial charge in [0.25, 0.3) is 0 Å². The van der Waals surface area contributed by atoms with E-state index in [1.807, 2.05) is 0 Å². The molecule has 2 rings (SSSR count). The zero-order valence-electron chi connectivity index (χ0n) is 9.39. The average molecular weight is 201 g/mol. The molecule has 15 heavy (non-hydrogen) atoms. The van der Waals surface area contributed by atoms with E-state index in [9.17, 15) is 0 Å². The number of allylic oxidation sites excluding steroid dienone is 1. The van der Waals surface area contributed by atoms with Gasteiger partial charge in [-0.15, -0.1) is 0 Å². The summed E-state index contributed by atoms with van der Waals surface area (Å²) in [6.07, 6.45) is 8.39. The second kappa shape index (κ2) is 5.01. The van der Waals surface area contributed by atoms with Crippen LogP contribution >= 0.6 is 0 Å². The highest BCUT2D eigenvalue weighted by atomic mass is 15.2. The molecule has 0 bridgehead atoms. The molecule has 1 atom stereocenters. The third-order valence-corrected chi connectivity index (χ3v) is 2.98. The van der Waals surface area contributed by atoms with Crippen LogP contribution in [0.1, 0.15) is 26.2 Å². The van der Waals surface area contributed by atoms with Crippen molar-refractivity contribution in [3.63, 3.8) is 0 Å². The second-order valence-corrected chi connectivity index (χ2v) is 4.07. The van der Waals surface area contributed by atoms with E-state index in [-0.39, 0.29) is 0 Å². The van der Waals surface area contributed by atoms with Gasteiger partial charge in [-0.05, 0) is 31.4 Å². The lowest BCUT2D eigenvalue weighted by Gasteiger charge is -2.24. The maximum atomic E-state index is 2.51. The molecule has 1 nitrogen and oxygen atoms in total. The molecular weight excluding hydrogens is 182 g/mol. The zero-order chi connectivity index (χ0) is 10.5. The summed E-state index contributed by atoms with van der Waals surface area (Å²) in [4.78, 5) is 2.51. The molecular formula is C14H19N. The van der Waals surface area contributed by atoms with E-state index in [4.69, 9.17) is 0 Å². The summed E-state index contributed by atoms with van der Waals surface area (Å²) in [5.74, 6) is 0. The Labute approximate surface area is 92.4 Å². The lowest BCUT2D eigenvalue weighted by molar-refractivity contribution is 0.802. The Kier molecular flexibility index (Phi) is 3.44. The van der Waals surface area contributed by atoms with Gasteiger partial charge in [0.2, 0.25) is 0 Å². The summed E-state index contributed by atoms with van der Waals surface area (Å²) >= 11 is 0. The zero-order valence-corrected chi connectivity index (χ0v) is 9.39. The van der Waals surface area contributed by atoms with Crippen LogP contribution in [-0.4, -0.2) is 12.6 Å². The standard InChI is InChI=1S/C14H19N/c1-2-3-8-13-11-7-12-15(13)14-9-5-4-6-10-14/h3-6,8-10,13H,2,7,11-12H2,1H3/b8-3-. The first-order valence-electron chi connectivity index (χ1n) is 5.90. The number of para-hydroxylation sites is 1. The first-order valence-corrected chi connectivity index (χ1v) is 5.90. The number of benzene rings is 1. The summed E-state index contributed by atoms with van der Waals surface area (Å²) in [6.45, 7) is 3.39. The number of hydrogen-bond acceptors (Lipinski definition) is 1. The molecule has 1 aromatic carbocycles. The van der Waals surface area contributed by atoms with Crippen molar-refractivity contribution in [2.24, 2.45) is 0 Å². The van der Waals surface area contributed by atoms with Gasteiger partial charge in [0.05, 0.1) is 0 Å². The molecule has 1 fully saturated rings. The van der Waals surface area contributed by atoms with Crippen molar-refractivity contribution in [2.75, 3.05) is 11.4 Å². The Morgan fingerprint density at radius 2 is 2.13 bits per heavy atom. The van der Waals surface area contributed by atoms with E-state index in [1.165, 1.54) is 25.1 Å². The molecule has 0 aliphatic carbocycles. The fourth-order valence-corrected chi connectivity index (χ4v) is 2.23. The van der Waals surface area contributed by atoms with Gasteiger partial charge in [0, 0.05) is 18.3 Å². The molecule has 1 aliphatic heterocycles. The number of nitrogens with zero attached hydrogens (tertiary/aromatic N) is 1. The highest BCUT2D eigenvalue weighted by Crippen LogP contribution is 2.25. The van der Waals surface area contributed by atoms with Gasteiger partial charge >= 0.3 is 0 Å². The van der Waals surface area contributed by atoms with Gasteiger partial charge in [0.15, 0.2) is 0 Å². The van der Waals surface area contributed by atoms with Crippen molar-refractivity contribution in [3.05, 3.63) is 42.5 Å². The van der Waals surface area contributed by atoms with E-state index in [0.29, 0.717) is 6.04 Å². The van der Waals surface area contributed by atoms with Crippen molar-refractivity contribution < 1.29 is 0 Å². The Hall–Kier alpha value is -1.24. The minimum absolute atomic E-state index is 0.618. The van der Waals surface area contributed by atoms with Crippen LogP contribution in [0.15, 0.2) is 42.5 Å². The van der Waals surface area contributed by atoms with Gasteiger partial charge in [-0.1, -0.05) is 37.3 Å². The van der Waals surface area contributed by atoms with Crippen LogP contribution < -0.4 is 4.90 Å². The minimum Gasteiger partial charge on any atom is -0.365 e. The first kappa shape index (κ1) is 10.3. The van der Waals surface area contributed by atoms with Crippen molar-refractivity contribution in [1.82, 2.24) is 0 Å². The lowest BCUT2D eigenvalue weighted by atomic mass is 10.2. The molecule has 0 spiro atoms. The van der Waals surface area contributed by atoms with Crippen LogP contribution in [0.2, 0.25) is 0 Å². The number of hydrogen-bond donors (Lipinski definition) is 0. The molecule has 1 heterocycles. The van der Waals surface area contributed by atoms with E-state index >= 15 is 0 Å². The fourth-order valence-electron chi connectivity index (χ4n) is 2.23. The maximum absolute atomic E-state index is 2.51. The van der Waals surface area contributed by atoms with Crippen LogP contribution in [0.4, 0.5) is 5.69 Å². The van der Waals surface area contributed by atoms with Gasteiger partial charge < -0.3 is 4.90 Å². The topological polar surface area (TPSA) is 3.24 Å². The van der Waals surface area contributed by atoms with E-state index in [0.717, 1.165) is 6.42 Å². The molecule has 80 valence electrons.